The van der Waals surface area contributed by atoms with Gasteiger partial charge in [0.15, 0.2) is 5.96 Å². The average Bonchev–Trinajstić information content (AvgIpc) is 3.34. The molecule has 3 rings (SSSR count). The standard InChI is InChI=1S/C20H32N6O/c1-15-7-8-18(23-13-15)25-19(27)9-11-22-20(21-2)24-16-10-12-26(14-16)17-5-3-4-6-17/h7-8,13,16-17H,3-6,9-12,14H2,1-2H3,(H2,21,22,24)(H,23,25,27). The lowest BCUT2D eigenvalue weighted by molar-refractivity contribution is -0.116. The predicted molar refractivity (Wildman–Crippen MR) is 109 cm³/mol. The molecule has 0 radical (unpaired) electrons. The Kier molecular flexibility index (Phi) is 7.04. The molecule has 3 N–H and O–H groups in total. The quantitative estimate of drug-likeness (QED) is 0.525. The molecule has 1 unspecified atom stereocenters. The van der Waals surface area contributed by atoms with Gasteiger partial charge in [-0.15, -0.1) is 0 Å². The monoisotopic (exact) mass is 372 g/mol. The van der Waals surface area contributed by atoms with Crippen molar-refractivity contribution in [3.8, 4) is 0 Å². The molecule has 0 spiro atoms. The minimum absolute atomic E-state index is 0.0532. The molecule has 148 valence electrons. The van der Waals surface area contributed by atoms with E-state index in [9.17, 15) is 4.79 Å². The summed E-state index contributed by atoms with van der Waals surface area (Å²) >= 11 is 0. The molecule has 1 aliphatic heterocycles. The van der Waals surface area contributed by atoms with Crippen LogP contribution in [-0.4, -0.2) is 60.5 Å². The van der Waals surface area contributed by atoms with Gasteiger partial charge in [0.05, 0.1) is 0 Å². The molecule has 7 nitrogen and oxygen atoms in total. The first-order valence-electron chi connectivity index (χ1n) is 10.1. The fourth-order valence-electron chi connectivity index (χ4n) is 3.94. The van der Waals surface area contributed by atoms with E-state index in [2.05, 4.69) is 30.8 Å². The molecule has 1 amide bonds. The zero-order valence-corrected chi connectivity index (χ0v) is 16.5. The number of carbonyl (C=O) groups is 1. The number of guanidine groups is 1. The lowest BCUT2D eigenvalue weighted by Gasteiger charge is -2.24. The third-order valence-electron chi connectivity index (χ3n) is 5.45. The highest BCUT2D eigenvalue weighted by Crippen LogP contribution is 2.26. The highest BCUT2D eigenvalue weighted by atomic mass is 16.1. The Balaban J connectivity index is 1.35. The second-order valence-corrected chi connectivity index (χ2v) is 7.58. The molecule has 1 aromatic rings. The van der Waals surface area contributed by atoms with Gasteiger partial charge in [0.25, 0.3) is 0 Å². The lowest BCUT2D eigenvalue weighted by atomic mass is 10.2. The molecule has 0 aromatic carbocycles. The minimum atomic E-state index is -0.0532. The molecular weight excluding hydrogens is 340 g/mol. The number of hydrogen-bond acceptors (Lipinski definition) is 4. The minimum Gasteiger partial charge on any atom is -0.356 e. The molecule has 27 heavy (non-hydrogen) atoms. The third-order valence-corrected chi connectivity index (χ3v) is 5.45. The lowest BCUT2D eigenvalue weighted by Crippen LogP contribution is -2.45. The van der Waals surface area contributed by atoms with Crippen LogP contribution in [0.25, 0.3) is 0 Å². The van der Waals surface area contributed by atoms with Crippen LogP contribution >= 0.6 is 0 Å². The molecule has 0 bridgehead atoms. The van der Waals surface area contributed by atoms with E-state index in [1.54, 1.807) is 13.2 Å². The number of amides is 1. The van der Waals surface area contributed by atoms with Gasteiger partial charge in [-0.25, -0.2) is 4.98 Å². The maximum Gasteiger partial charge on any atom is 0.227 e. The maximum absolute atomic E-state index is 12.0. The van der Waals surface area contributed by atoms with Crippen LogP contribution in [0.5, 0.6) is 0 Å². The van der Waals surface area contributed by atoms with E-state index in [0.717, 1.165) is 30.5 Å². The van der Waals surface area contributed by atoms with Crippen molar-refractivity contribution in [2.24, 2.45) is 4.99 Å². The van der Waals surface area contributed by atoms with Gasteiger partial charge in [-0.05, 0) is 37.8 Å². The molecule has 2 aliphatic rings. The maximum atomic E-state index is 12.0. The SMILES string of the molecule is CN=C(NCCC(=O)Nc1ccc(C)cn1)NC1CCN(C2CCCC2)C1. The van der Waals surface area contributed by atoms with E-state index in [-0.39, 0.29) is 5.91 Å². The van der Waals surface area contributed by atoms with Crippen LogP contribution in [0.4, 0.5) is 5.82 Å². The summed E-state index contributed by atoms with van der Waals surface area (Å²) in [6, 6.07) is 4.97. The number of aliphatic imine (C=N–C) groups is 1. The topological polar surface area (TPSA) is 81.6 Å². The summed E-state index contributed by atoms with van der Waals surface area (Å²) < 4.78 is 0. The van der Waals surface area contributed by atoms with E-state index < -0.39 is 0 Å². The van der Waals surface area contributed by atoms with Gasteiger partial charge in [-0.3, -0.25) is 14.7 Å². The number of anilines is 1. The summed E-state index contributed by atoms with van der Waals surface area (Å²) in [4.78, 5) is 23.2. The Morgan fingerprint density at radius 3 is 2.81 bits per heavy atom. The van der Waals surface area contributed by atoms with Gasteiger partial charge < -0.3 is 16.0 Å². The molecule has 1 saturated carbocycles. The molecule has 2 fully saturated rings. The highest BCUT2D eigenvalue weighted by molar-refractivity contribution is 5.90. The second-order valence-electron chi connectivity index (χ2n) is 7.58. The Morgan fingerprint density at radius 2 is 2.11 bits per heavy atom. The number of pyridine rings is 1. The van der Waals surface area contributed by atoms with Gasteiger partial charge in [-0.2, -0.15) is 0 Å². The summed E-state index contributed by atoms with van der Waals surface area (Å²) in [6.45, 7) is 4.77. The van der Waals surface area contributed by atoms with E-state index in [0.29, 0.717) is 24.8 Å². The largest absolute Gasteiger partial charge is 0.356 e. The first-order valence-corrected chi connectivity index (χ1v) is 10.1. The molecule has 1 aromatic heterocycles. The third kappa shape index (κ3) is 5.92. The van der Waals surface area contributed by atoms with Crippen LogP contribution in [-0.2, 0) is 4.79 Å². The summed E-state index contributed by atoms with van der Waals surface area (Å²) in [5.41, 5.74) is 1.07. The zero-order valence-electron chi connectivity index (χ0n) is 16.5. The van der Waals surface area contributed by atoms with Crippen molar-refractivity contribution in [2.75, 3.05) is 32.0 Å². The van der Waals surface area contributed by atoms with Gasteiger partial charge >= 0.3 is 0 Å². The second kappa shape index (κ2) is 9.69. The smallest absolute Gasteiger partial charge is 0.227 e. The van der Waals surface area contributed by atoms with E-state index in [1.165, 1.54) is 32.2 Å². The number of aryl methyl sites for hydroxylation is 1. The van der Waals surface area contributed by atoms with E-state index in [4.69, 9.17) is 0 Å². The molecule has 1 atom stereocenters. The number of aromatic nitrogens is 1. The van der Waals surface area contributed by atoms with E-state index >= 15 is 0 Å². The van der Waals surface area contributed by atoms with Gasteiger partial charge in [0, 0.05) is 51.4 Å². The van der Waals surface area contributed by atoms with Crippen molar-refractivity contribution in [3.63, 3.8) is 0 Å². The van der Waals surface area contributed by atoms with Crippen LogP contribution in [0.1, 0.15) is 44.1 Å². The number of nitrogens with zero attached hydrogens (tertiary/aromatic N) is 3. The van der Waals surface area contributed by atoms with Crippen molar-refractivity contribution in [2.45, 2.75) is 57.5 Å². The number of carbonyl (C=O) groups excluding carboxylic acids is 1. The normalized spacial score (nSPS) is 21.4. The van der Waals surface area contributed by atoms with Crippen molar-refractivity contribution in [1.29, 1.82) is 0 Å². The van der Waals surface area contributed by atoms with Crippen molar-refractivity contribution in [1.82, 2.24) is 20.5 Å². The zero-order chi connectivity index (χ0) is 19.1. The summed E-state index contributed by atoms with van der Waals surface area (Å²) in [5.74, 6) is 1.31. The van der Waals surface area contributed by atoms with Crippen LogP contribution in [0.3, 0.4) is 0 Å². The van der Waals surface area contributed by atoms with Crippen LogP contribution < -0.4 is 16.0 Å². The Bertz CT molecular complexity index is 638. The number of rotatable bonds is 6. The first-order chi connectivity index (χ1) is 13.1. The Hall–Kier alpha value is -2.15. The fraction of sp³-hybridized carbons (Fsp3) is 0.650. The van der Waals surface area contributed by atoms with Crippen LogP contribution in [0, 0.1) is 6.92 Å². The van der Waals surface area contributed by atoms with Gasteiger partial charge in [-0.1, -0.05) is 18.9 Å². The van der Waals surface area contributed by atoms with Crippen molar-refractivity contribution in [3.05, 3.63) is 23.9 Å². The van der Waals surface area contributed by atoms with Gasteiger partial charge in [0.1, 0.15) is 5.82 Å². The summed E-state index contributed by atoms with van der Waals surface area (Å²) in [6.07, 6.45) is 8.72. The number of likely N-dealkylation sites (tertiary alicyclic amines) is 1. The number of nitrogens with one attached hydrogen (secondary N) is 3. The molecule has 2 heterocycles. The average molecular weight is 373 g/mol. The predicted octanol–water partition coefficient (Wildman–Crippen LogP) is 1.90. The van der Waals surface area contributed by atoms with Crippen molar-refractivity contribution < 1.29 is 4.79 Å². The first kappa shape index (κ1) is 19.6. The molecule has 1 saturated heterocycles. The van der Waals surface area contributed by atoms with Gasteiger partial charge in [0.2, 0.25) is 5.91 Å². The Morgan fingerprint density at radius 1 is 1.30 bits per heavy atom. The van der Waals surface area contributed by atoms with Crippen LogP contribution in [0.15, 0.2) is 23.3 Å². The summed E-state index contributed by atoms with van der Waals surface area (Å²) in [7, 11) is 1.77. The molecule has 7 heteroatoms. The highest BCUT2D eigenvalue weighted by Gasteiger charge is 2.30. The number of hydrogen-bond donors (Lipinski definition) is 3. The summed E-state index contributed by atoms with van der Waals surface area (Å²) in [5, 5.41) is 9.56. The Labute approximate surface area is 162 Å². The molecule has 1 aliphatic carbocycles. The van der Waals surface area contributed by atoms with Crippen LogP contribution in [0.2, 0.25) is 0 Å². The fourth-order valence-corrected chi connectivity index (χ4v) is 3.94. The molecular formula is C20H32N6O. The van der Waals surface area contributed by atoms with Crippen molar-refractivity contribution >= 4 is 17.7 Å². The van der Waals surface area contributed by atoms with E-state index in [1.807, 2.05) is 19.1 Å².